The van der Waals surface area contributed by atoms with Gasteiger partial charge < -0.3 is 10.1 Å². The van der Waals surface area contributed by atoms with Gasteiger partial charge in [0.1, 0.15) is 5.75 Å². The van der Waals surface area contributed by atoms with E-state index in [9.17, 15) is 4.79 Å². The van der Waals surface area contributed by atoms with Crippen LogP contribution < -0.4 is 10.1 Å². The normalized spacial score (nSPS) is 10.2. The van der Waals surface area contributed by atoms with Crippen LogP contribution in [0.5, 0.6) is 5.75 Å². The minimum atomic E-state index is -0.0612. The van der Waals surface area contributed by atoms with E-state index in [2.05, 4.69) is 21.2 Å². The summed E-state index contributed by atoms with van der Waals surface area (Å²) in [4.78, 5) is 11.9. The van der Waals surface area contributed by atoms with E-state index in [-0.39, 0.29) is 5.91 Å². The fourth-order valence-electron chi connectivity index (χ4n) is 1.91. The molecule has 0 aromatic heterocycles. The number of benzene rings is 2. The minimum Gasteiger partial charge on any atom is -0.493 e. The van der Waals surface area contributed by atoms with Crippen molar-refractivity contribution in [2.24, 2.45) is 0 Å². The van der Waals surface area contributed by atoms with Crippen molar-refractivity contribution in [2.75, 3.05) is 11.9 Å². The van der Waals surface area contributed by atoms with Gasteiger partial charge in [0.2, 0.25) is 5.91 Å². The van der Waals surface area contributed by atoms with Crippen molar-refractivity contribution in [3.05, 3.63) is 58.1 Å². The average molecular weight is 348 g/mol. The summed E-state index contributed by atoms with van der Waals surface area (Å²) in [6.07, 6.45) is 0.314. The van der Waals surface area contributed by atoms with Crippen molar-refractivity contribution in [3.8, 4) is 5.75 Å². The van der Waals surface area contributed by atoms with Gasteiger partial charge in [-0.25, -0.2) is 0 Å². The average Bonchev–Trinajstić information content (AvgIpc) is 2.43. The van der Waals surface area contributed by atoms with Gasteiger partial charge >= 0.3 is 0 Å². The standard InChI is InChI=1S/C17H18BrNO2/c1-12-4-3-5-14(10-12)21-9-8-17(20)19-16-11-13(2)6-7-15(16)18/h3-7,10-11H,8-9H2,1-2H3,(H,19,20). The highest BCUT2D eigenvalue weighted by atomic mass is 79.9. The molecular formula is C17H18BrNO2. The van der Waals surface area contributed by atoms with Crippen LogP contribution in [0, 0.1) is 13.8 Å². The number of amides is 1. The second-order valence-corrected chi connectivity index (χ2v) is 5.80. The predicted octanol–water partition coefficient (Wildman–Crippen LogP) is 4.47. The summed E-state index contributed by atoms with van der Waals surface area (Å²) in [7, 11) is 0. The highest BCUT2D eigenvalue weighted by molar-refractivity contribution is 9.10. The first kappa shape index (κ1) is 15.6. The Morgan fingerprint density at radius 3 is 2.67 bits per heavy atom. The summed E-state index contributed by atoms with van der Waals surface area (Å²) in [5, 5.41) is 2.88. The maximum Gasteiger partial charge on any atom is 0.227 e. The topological polar surface area (TPSA) is 38.3 Å². The van der Waals surface area contributed by atoms with Crippen molar-refractivity contribution >= 4 is 27.5 Å². The smallest absolute Gasteiger partial charge is 0.227 e. The van der Waals surface area contributed by atoms with Crippen molar-refractivity contribution < 1.29 is 9.53 Å². The van der Waals surface area contributed by atoms with Crippen molar-refractivity contribution in [1.29, 1.82) is 0 Å². The molecule has 21 heavy (non-hydrogen) atoms. The van der Waals surface area contributed by atoms with Crippen LogP contribution in [0.4, 0.5) is 5.69 Å². The van der Waals surface area contributed by atoms with Gasteiger partial charge in [0.25, 0.3) is 0 Å². The van der Waals surface area contributed by atoms with Gasteiger partial charge in [-0.15, -0.1) is 0 Å². The van der Waals surface area contributed by atoms with E-state index in [0.29, 0.717) is 13.0 Å². The highest BCUT2D eigenvalue weighted by Gasteiger charge is 2.06. The second-order valence-electron chi connectivity index (χ2n) is 4.95. The first-order chi connectivity index (χ1) is 10.0. The van der Waals surface area contributed by atoms with Gasteiger partial charge in [0.15, 0.2) is 0 Å². The molecular weight excluding hydrogens is 330 g/mol. The van der Waals surface area contributed by atoms with Gasteiger partial charge in [-0.2, -0.15) is 0 Å². The Balaban J connectivity index is 1.84. The molecule has 110 valence electrons. The molecule has 0 saturated carbocycles. The summed E-state index contributed by atoms with van der Waals surface area (Å²) in [6, 6.07) is 13.6. The summed E-state index contributed by atoms with van der Waals surface area (Å²) >= 11 is 3.43. The van der Waals surface area contributed by atoms with E-state index >= 15 is 0 Å². The second kappa shape index (κ2) is 7.27. The molecule has 0 atom stereocenters. The van der Waals surface area contributed by atoms with Gasteiger partial charge in [-0.3, -0.25) is 4.79 Å². The maximum absolute atomic E-state index is 11.9. The lowest BCUT2D eigenvalue weighted by atomic mass is 10.2. The molecule has 0 spiro atoms. The molecule has 1 amide bonds. The molecule has 0 unspecified atom stereocenters. The van der Waals surface area contributed by atoms with Gasteiger partial charge in [0, 0.05) is 4.47 Å². The summed E-state index contributed by atoms with van der Waals surface area (Å²) < 4.78 is 6.45. The lowest BCUT2D eigenvalue weighted by molar-refractivity contribution is -0.116. The zero-order valence-corrected chi connectivity index (χ0v) is 13.7. The third kappa shape index (κ3) is 4.90. The van der Waals surface area contributed by atoms with Gasteiger partial charge in [-0.1, -0.05) is 18.2 Å². The summed E-state index contributed by atoms with van der Waals surface area (Å²) in [5.74, 6) is 0.730. The number of anilines is 1. The number of aryl methyl sites for hydroxylation is 2. The molecule has 0 bridgehead atoms. The number of carbonyl (C=O) groups is 1. The van der Waals surface area contributed by atoms with Crippen LogP contribution in [-0.2, 0) is 4.79 Å². The Labute approximate surface area is 133 Å². The number of halogens is 1. The molecule has 0 saturated heterocycles. The van der Waals surface area contributed by atoms with E-state index in [1.165, 1.54) is 0 Å². The SMILES string of the molecule is Cc1cccc(OCCC(=O)Nc2cc(C)ccc2Br)c1. The molecule has 3 nitrogen and oxygen atoms in total. The Morgan fingerprint density at radius 2 is 1.90 bits per heavy atom. The number of ether oxygens (including phenoxy) is 1. The van der Waals surface area contributed by atoms with Crippen LogP contribution in [0.1, 0.15) is 17.5 Å². The molecule has 0 fully saturated rings. The molecule has 2 rings (SSSR count). The van der Waals surface area contributed by atoms with Crippen LogP contribution >= 0.6 is 15.9 Å². The number of hydrogen-bond donors (Lipinski definition) is 1. The molecule has 1 N–H and O–H groups in total. The van der Waals surface area contributed by atoms with Crippen molar-refractivity contribution in [2.45, 2.75) is 20.3 Å². The maximum atomic E-state index is 11.9. The lowest BCUT2D eigenvalue weighted by Crippen LogP contribution is -2.15. The number of nitrogens with one attached hydrogen (secondary N) is 1. The van der Waals surface area contributed by atoms with Gasteiger partial charge in [-0.05, 0) is 65.2 Å². The van der Waals surface area contributed by atoms with Crippen molar-refractivity contribution in [3.63, 3.8) is 0 Å². The van der Waals surface area contributed by atoms with Crippen LogP contribution in [0.25, 0.3) is 0 Å². The van der Waals surface area contributed by atoms with Crippen LogP contribution in [0.3, 0.4) is 0 Å². The van der Waals surface area contributed by atoms with E-state index < -0.39 is 0 Å². The number of carbonyl (C=O) groups excluding carboxylic acids is 1. The van der Waals surface area contributed by atoms with Gasteiger partial charge in [0.05, 0.1) is 18.7 Å². The van der Waals surface area contributed by atoms with Crippen molar-refractivity contribution in [1.82, 2.24) is 0 Å². The van der Waals surface area contributed by atoms with E-state index in [4.69, 9.17) is 4.74 Å². The first-order valence-electron chi connectivity index (χ1n) is 6.80. The highest BCUT2D eigenvalue weighted by Crippen LogP contribution is 2.23. The Hall–Kier alpha value is -1.81. The monoisotopic (exact) mass is 347 g/mol. The molecule has 0 heterocycles. The quantitative estimate of drug-likeness (QED) is 0.866. The molecule has 2 aromatic carbocycles. The van der Waals surface area contributed by atoms with Crippen LogP contribution in [0.15, 0.2) is 46.9 Å². The summed E-state index contributed by atoms with van der Waals surface area (Å²) in [6.45, 7) is 4.36. The fourth-order valence-corrected chi connectivity index (χ4v) is 2.26. The largest absolute Gasteiger partial charge is 0.493 e. The number of hydrogen-bond acceptors (Lipinski definition) is 2. The van der Waals surface area contributed by atoms with E-state index in [0.717, 1.165) is 27.0 Å². The molecule has 0 aliphatic carbocycles. The third-order valence-electron chi connectivity index (χ3n) is 2.98. The molecule has 2 aromatic rings. The number of rotatable bonds is 5. The molecule has 0 aliphatic rings. The minimum absolute atomic E-state index is 0.0612. The Kier molecular flexibility index (Phi) is 5.39. The van der Waals surface area contributed by atoms with Crippen LogP contribution in [0.2, 0.25) is 0 Å². The fraction of sp³-hybridized carbons (Fsp3) is 0.235. The molecule has 0 aliphatic heterocycles. The zero-order valence-electron chi connectivity index (χ0n) is 12.2. The van der Waals surface area contributed by atoms with E-state index in [1.54, 1.807) is 0 Å². The van der Waals surface area contributed by atoms with Crippen LogP contribution in [-0.4, -0.2) is 12.5 Å². The Bertz CT molecular complexity index is 640. The zero-order chi connectivity index (χ0) is 15.2. The molecule has 0 radical (unpaired) electrons. The molecule has 4 heteroatoms. The first-order valence-corrected chi connectivity index (χ1v) is 7.59. The summed E-state index contributed by atoms with van der Waals surface area (Å²) in [5.41, 5.74) is 3.03. The third-order valence-corrected chi connectivity index (χ3v) is 3.67. The predicted molar refractivity (Wildman–Crippen MR) is 88.8 cm³/mol. The van der Waals surface area contributed by atoms with E-state index in [1.807, 2.05) is 56.3 Å². The lowest BCUT2D eigenvalue weighted by Gasteiger charge is -2.09. The Morgan fingerprint density at radius 1 is 1.14 bits per heavy atom.